The topological polar surface area (TPSA) is 25.4 Å². The van der Waals surface area contributed by atoms with Gasteiger partial charge in [-0.3, -0.25) is 4.98 Å². The quantitative estimate of drug-likeness (QED) is 0.773. The molecule has 0 amide bonds. The molecule has 0 unspecified atom stereocenters. The Morgan fingerprint density at radius 2 is 2.16 bits per heavy atom. The van der Waals surface area contributed by atoms with Gasteiger partial charge in [-0.2, -0.15) is 0 Å². The molecule has 1 aromatic heterocycles. The first-order valence-electron chi connectivity index (χ1n) is 8.60. The van der Waals surface area contributed by atoms with Crippen LogP contribution in [0, 0.1) is 13.0 Å². The van der Waals surface area contributed by atoms with Gasteiger partial charge in [0.15, 0.2) is 0 Å². The maximum atomic E-state index is 6.26. The van der Waals surface area contributed by atoms with Crippen LogP contribution in [0.25, 0.3) is 5.57 Å². The molecule has 4 heteroatoms. The SMILES string of the molecule is Cc1cc(CN2C=[C]C(c3ccccc3OC3CC3)=CC2)c(Cl)cn1. The van der Waals surface area contributed by atoms with E-state index in [9.17, 15) is 0 Å². The fraction of sp³-hybridized carbons (Fsp3) is 0.286. The smallest absolute Gasteiger partial charge is 0.127 e. The van der Waals surface area contributed by atoms with Crippen LogP contribution < -0.4 is 4.74 Å². The molecule has 0 atom stereocenters. The van der Waals surface area contributed by atoms with Crippen LogP contribution >= 0.6 is 11.6 Å². The minimum absolute atomic E-state index is 0.392. The van der Waals surface area contributed by atoms with Crippen molar-refractivity contribution in [2.24, 2.45) is 0 Å². The summed E-state index contributed by atoms with van der Waals surface area (Å²) in [7, 11) is 0. The number of hydrogen-bond donors (Lipinski definition) is 0. The Labute approximate surface area is 153 Å². The second-order valence-corrected chi connectivity index (χ2v) is 6.96. The third-order valence-electron chi connectivity index (χ3n) is 4.37. The summed E-state index contributed by atoms with van der Waals surface area (Å²) in [5.74, 6) is 0.957. The first-order chi connectivity index (χ1) is 12.2. The number of hydrogen-bond acceptors (Lipinski definition) is 3. The van der Waals surface area contributed by atoms with Crippen molar-refractivity contribution >= 4 is 17.2 Å². The van der Waals surface area contributed by atoms with Crippen molar-refractivity contribution in [1.29, 1.82) is 0 Å². The number of allylic oxidation sites excluding steroid dienone is 2. The zero-order valence-corrected chi connectivity index (χ0v) is 15.0. The number of ether oxygens (including phenoxy) is 1. The van der Waals surface area contributed by atoms with Crippen LogP contribution in [0.3, 0.4) is 0 Å². The van der Waals surface area contributed by atoms with Crippen molar-refractivity contribution in [3.63, 3.8) is 0 Å². The van der Waals surface area contributed by atoms with E-state index in [2.05, 4.69) is 28.1 Å². The molecule has 0 spiro atoms. The van der Waals surface area contributed by atoms with Crippen molar-refractivity contribution in [3.05, 3.63) is 76.7 Å². The maximum Gasteiger partial charge on any atom is 0.127 e. The molecule has 2 aliphatic rings. The summed E-state index contributed by atoms with van der Waals surface area (Å²) < 4.78 is 6.03. The molecule has 0 bridgehead atoms. The lowest BCUT2D eigenvalue weighted by atomic mass is 10.0. The summed E-state index contributed by atoms with van der Waals surface area (Å²) >= 11 is 6.26. The van der Waals surface area contributed by atoms with E-state index in [4.69, 9.17) is 16.3 Å². The van der Waals surface area contributed by atoms with Gasteiger partial charge in [-0.05, 0) is 43.0 Å². The fourth-order valence-corrected chi connectivity index (χ4v) is 3.04. The van der Waals surface area contributed by atoms with E-state index >= 15 is 0 Å². The molecular weight excluding hydrogens is 332 g/mol. The zero-order valence-electron chi connectivity index (χ0n) is 14.2. The number of rotatable bonds is 5. The Balaban J connectivity index is 1.48. The van der Waals surface area contributed by atoms with Crippen LogP contribution in [-0.2, 0) is 6.54 Å². The van der Waals surface area contributed by atoms with E-state index in [0.717, 1.165) is 54.1 Å². The molecule has 2 aromatic rings. The van der Waals surface area contributed by atoms with Crippen LogP contribution in [0.15, 0.2) is 48.8 Å². The molecule has 1 aliphatic heterocycles. The minimum Gasteiger partial charge on any atom is -0.490 e. The highest BCUT2D eigenvalue weighted by atomic mass is 35.5. The fourth-order valence-electron chi connectivity index (χ4n) is 2.88. The number of halogens is 1. The van der Waals surface area contributed by atoms with Crippen LogP contribution in [0.4, 0.5) is 0 Å². The van der Waals surface area contributed by atoms with Gasteiger partial charge in [0.2, 0.25) is 0 Å². The number of benzene rings is 1. The van der Waals surface area contributed by atoms with Crippen molar-refractivity contribution in [3.8, 4) is 5.75 Å². The highest BCUT2D eigenvalue weighted by Gasteiger charge is 2.25. The Morgan fingerprint density at radius 1 is 1.32 bits per heavy atom. The lowest BCUT2D eigenvalue weighted by molar-refractivity contribution is 0.302. The Morgan fingerprint density at radius 3 is 2.92 bits per heavy atom. The lowest BCUT2D eigenvalue weighted by Gasteiger charge is -2.23. The molecule has 1 aromatic carbocycles. The Bertz CT molecular complexity index is 840. The number of para-hydroxylation sites is 1. The first-order valence-corrected chi connectivity index (χ1v) is 8.98. The summed E-state index contributed by atoms with van der Waals surface area (Å²) in [6, 6.07) is 10.2. The number of nitrogens with zero attached hydrogens (tertiary/aromatic N) is 2. The summed E-state index contributed by atoms with van der Waals surface area (Å²) in [4.78, 5) is 6.41. The van der Waals surface area contributed by atoms with Crippen LogP contribution in [-0.4, -0.2) is 22.5 Å². The normalized spacial score (nSPS) is 16.7. The predicted molar refractivity (Wildman–Crippen MR) is 100 cm³/mol. The summed E-state index contributed by atoms with van der Waals surface area (Å²) in [5.41, 5.74) is 4.26. The van der Waals surface area contributed by atoms with Crippen LogP contribution in [0.1, 0.15) is 29.7 Å². The molecule has 0 saturated heterocycles. The second kappa shape index (κ2) is 6.93. The third kappa shape index (κ3) is 3.88. The Hall–Kier alpha value is -2.26. The second-order valence-electron chi connectivity index (χ2n) is 6.55. The predicted octanol–water partition coefficient (Wildman–Crippen LogP) is 4.80. The first kappa shape index (κ1) is 16.2. The van der Waals surface area contributed by atoms with Gasteiger partial charge >= 0.3 is 0 Å². The van der Waals surface area contributed by atoms with Crippen molar-refractivity contribution < 1.29 is 4.74 Å². The molecule has 3 nitrogen and oxygen atoms in total. The van der Waals surface area contributed by atoms with E-state index in [0.29, 0.717) is 11.1 Å². The molecule has 1 fully saturated rings. The molecule has 1 saturated carbocycles. The van der Waals surface area contributed by atoms with Gasteiger partial charge in [0.05, 0.1) is 11.1 Å². The van der Waals surface area contributed by atoms with Gasteiger partial charge in [0.1, 0.15) is 5.75 Å². The number of aromatic nitrogens is 1. The standard InChI is InChI=1S/C21H20ClN2O/c1-15-12-17(20(22)13-23-15)14-24-10-8-16(9-11-24)19-4-2-3-5-21(19)25-18-6-7-18/h2-5,8,11-13,18H,6-7,10,14H2,1H3. The molecule has 4 rings (SSSR count). The van der Waals surface area contributed by atoms with Gasteiger partial charge < -0.3 is 9.64 Å². The van der Waals surface area contributed by atoms with Crippen molar-refractivity contribution in [1.82, 2.24) is 9.88 Å². The zero-order chi connectivity index (χ0) is 17.2. The lowest BCUT2D eigenvalue weighted by Crippen LogP contribution is -2.20. The van der Waals surface area contributed by atoms with E-state index in [1.165, 1.54) is 0 Å². The largest absolute Gasteiger partial charge is 0.490 e. The maximum absolute atomic E-state index is 6.26. The van der Waals surface area contributed by atoms with E-state index < -0.39 is 0 Å². The molecule has 25 heavy (non-hydrogen) atoms. The molecule has 2 heterocycles. The van der Waals surface area contributed by atoms with Crippen molar-refractivity contribution in [2.45, 2.75) is 32.4 Å². The van der Waals surface area contributed by atoms with Gasteiger partial charge in [-0.25, -0.2) is 0 Å². The molecular formula is C21H20ClN2O. The summed E-state index contributed by atoms with van der Waals surface area (Å²) in [5, 5.41) is 0.706. The van der Waals surface area contributed by atoms with Crippen LogP contribution in [0.2, 0.25) is 5.02 Å². The monoisotopic (exact) mass is 351 g/mol. The third-order valence-corrected chi connectivity index (χ3v) is 4.71. The highest BCUT2D eigenvalue weighted by molar-refractivity contribution is 6.31. The van der Waals surface area contributed by atoms with Crippen LogP contribution in [0.5, 0.6) is 5.75 Å². The molecule has 1 aliphatic carbocycles. The van der Waals surface area contributed by atoms with E-state index in [-0.39, 0.29) is 0 Å². The number of aryl methyl sites for hydroxylation is 1. The number of pyridine rings is 1. The summed E-state index contributed by atoms with van der Waals surface area (Å²) in [6.45, 7) is 3.55. The average Bonchev–Trinajstić information content (AvgIpc) is 3.44. The summed E-state index contributed by atoms with van der Waals surface area (Å²) in [6.07, 6.45) is 12.0. The minimum atomic E-state index is 0.392. The van der Waals surface area contributed by atoms with Gasteiger partial charge in [-0.1, -0.05) is 35.9 Å². The molecule has 1 radical (unpaired) electrons. The van der Waals surface area contributed by atoms with Gasteiger partial charge in [0.25, 0.3) is 0 Å². The Kier molecular flexibility index (Phi) is 4.50. The van der Waals surface area contributed by atoms with Gasteiger partial charge in [-0.15, -0.1) is 0 Å². The highest BCUT2D eigenvalue weighted by Crippen LogP contribution is 2.33. The van der Waals surface area contributed by atoms with E-state index in [1.807, 2.05) is 37.4 Å². The average molecular weight is 352 g/mol. The molecule has 0 N–H and O–H groups in total. The molecule has 127 valence electrons. The van der Waals surface area contributed by atoms with E-state index in [1.54, 1.807) is 6.20 Å². The van der Waals surface area contributed by atoms with Gasteiger partial charge in [0, 0.05) is 42.8 Å². The van der Waals surface area contributed by atoms with Crippen molar-refractivity contribution in [2.75, 3.05) is 6.54 Å².